The van der Waals surface area contributed by atoms with E-state index >= 15 is 0 Å². The maximum atomic E-state index is 12.9. The summed E-state index contributed by atoms with van der Waals surface area (Å²) in [6.45, 7) is 0.411. The van der Waals surface area contributed by atoms with Gasteiger partial charge in [-0.15, -0.1) is 10.2 Å². The van der Waals surface area contributed by atoms with Crippen LogP contribution in [-0.2, 0) is 11.4 Å². The van der Waals surface area contributed by atoms with Gasteiger partial charge in [0.1, 0.15) is 24.7 Å². The van der Waals surface area contributed by atoms with E-state index in [0.717, 1.165) is 34.2 Å². The molecule has 0 radical (unpaired) electrons. The average Bonchev–Trinajstić information content (AvgIpc) is 3.52. The SMILES string of the molecule is COc1cccc(OCc2nnc(SCC(=O)N(CC(F)(F)F)C(C)C3CC3)n2N)c1. The molecule has 1 aliphatic carbocycles. The van der Waals surface area contributed by atoms with Gasteiger partial charge in [-0.25, -0.2) is 4.68 Å². The predicted octanol–water partition coefficient (Wildman–Crippen LogP) is 2.86. The number of carbonyl (C=O) groups excluding carboxylic acids is 1. The van der Waals surface area contributed by atoms with Gasteiger partial charge < -0.3 is 20.2 Å². The number of alkyl halides is 3. The third-order valence-corrected chi connectivity index (χ3v) is 5.86. The fourth-order valence-corrected chi connectivity index (χ4v) is 3.80. The number of hydrogen-bond acceptors (Lipinski definition) is 7. The topological polar surface area (TPSA) is 95.5 Å². The Labute approximate surface area is 181 Å². The molecule has 0 bridgehead atoms. The summed E-state index contributed by atoms with van der Waals surface area (Å²) in [5, 5.41) is 8.06. The molecule has 170 valence electrons. The molecular weight excluding hydrogens is 435 g/mol. The fourth-order valence-electron chi connectivity index (χ4n) is 3.04. The molecule has 2 aromatic rings. The number of nitrogens with zero attached hydrogens (tertiary/aromatic N) is 4. The largest absolute Gasteiger partial charge is 0.497 e. The van der Waals surface area contributed by atoms with E-state index in [4.69, 9.17) is 15.3 Å². The number of nitrogen functional groups attached to an aromatic ring is 1. The van der Waals surface area contributed by atoms with Crippen LogP contribution in [0.3, 0.4) is 0 Å². The predicted molar refractivity (Wildman–Crippen MR) is 108 cm³/mol. The Kier molecular flexibility index (Phi) is 7.19. The second-order valence-electron chi connectivity index (χ2n) is 7.24. The first-order valence-electron chi connectivity index (χ1n) is 9.63. The molecule has 1 unspecified atom stereocenters. The second kappa shape index (κ2) is 9.67. The molecule has 1 aromatic heterocycles. The number of methoxy groups -OCH3 is 1. The zero-order valence-corrected chi connectivity index (χ0v) is 17.9. The van der Waals surface area contributed by atoms with Gasteiger partial charge in [0.2, 0.25) is 11.1 Å². The van der Waals surface area contributed by atoms with Gasteiger partial charge in [0, 0.05) is 12.1 Å². The molecule has 1 saturated carbocycles. The van der Waals surface area contributed by atoms with Crippen LogP contribution in [0.2, 0.25) is 0 Å². The lowest BCUT2D eigenvalue weighted by atomic mass is 10.2. The van der Waals surface area contributed by atoms with E-state index in [1.807, 2.05) is 0 Å². The number of carbonyl (C=O) groups is 1. The van der Waals surface area contributed by atoms with Crippen LogP contribution in [0, 0.1) is 5.92 Å². The van der Waals surface area contributed by atoms with Gasteiger partial charge in [-0.3, -0.25) is 4.79 Å². The second-order valence-corrected chi connectivity index (χ2v) is 8.18. The molecule has 0 aliphatic heterocycles. The van der Waals surface area contributed by atoms with Crippen molar-refractivity contribution >= 4 is 17.7 Å². The molecule has 1 heterocycles. The van der Waals surface area contributed by atoms with Crippen molar-refractivity contribution in [3.8, 4) is 11.5 Å². The smallest absolute Gasteiger partial charge is 0.406 e. The molecule has 0 spiro atoms. The van der Waals surface area contributed by atoms with Crippen LogP contribution in [0.1, 0.15) is 25.6 Å². The zero-order chi connectivity index (χ0) is 22.6. The molecule has 3 rings (SSSR count). The molecule has 1 amide bonds. The summed E-state index contributed by atoms with van der Waals surface area (Å²) >= 11 is 0.938. The van der Waals surface area contributed by atoms with Crippen molar-refractivity contribution in [2.24, 2.45) is 5.92 Å². The number of benzene rings is 1. The highest BCUT2D eigenvalue weighted by Crippen LogP contribution is 2.36. The van der Waals surface area contributed by atoms with Crippen molar-refractivity contribution in [2.75, 3.05) is 25.3 Å². The third kappa shape index (κ3) is 6.42. The highest BCUT2D eigenvalue weighted by molar-refractivity contribution is 7.99. The van der Waals surface area contributed by atoms with E-state index in [-0.39, 0.29) is 23.4 Å². The van der Waals surface area contributed by atoms with Crippen LogP contribution in [0.4, 0.5) is 13.2 Å². The van der Waals surface area contributed by atoms with E-state index < -0.39 is 24.7 Å². The summed E-state index contributed by atoms with van der Waals surface area (Å²) in [5.41, 5.74) is 0. The van der Waals surface area contributed by atoms with Crippen molar-refractivity contribution in [1.82, 2.24) is 19.8 Å². The Morgan fingerprint density at radius 2 is 2.06 bits per heavy atom. The van der Waals surface area contributed by atoms with Crippen molar-refractivity contribution in [2.45, 2.75) is 43.7 Å². The summed E-state index contributed by atoms with van der Waals surface area (Å²) in [5.74, 6) is 6.73. The number of hydrogen-bond donors (Lipinski definition) is 1. The van der Waals surface area contributed by atoms with Crippen LogP contribution < -0.4 is 15.3 Å². The summed E-state index contributed by atoms with van der Waals surface area (Å²) in [6.07, 6.45) is -2.78. The molecule has 1 aliphatic rings. The standard InChI is InChI=1S/C19H24F3N5O3S/c1-12(13-6-7-13)26(11-19(20,21)22)17(28)10-31-18-25-24-16(27(18)23)9-30-15-5-3-4-14(8-15)29-2/h3-5,8,12-13H,6-7,9-11,23H2,1-2H3. The molecule has 31 heavy (non-hydrogen) atoms. The highest BCUT2D eigenvalue weighted by Gasteiger charge is 2.40. The Balaban J connectivity index is 1.58. The molecule has 8 nitrogen and oxygen atoms in total. The van der Waals surface area contributed by atoms with Crippen molar-refractivity contribution in [3.63, 3.8) is 0 Å². The quantitative estimate of drug-likeness (QED) is 0.431. The lowest BCUT2D eigenvalue weighted by molar-refractivity contribution is -0.164. The molecule has 1 fully saturated rings. The summed E-state index contributed by atoms with van der Waals surface area (Å²) in [6, 6.07) is 6.52. The van der Waals surface area contributed by atoms with Crippen LogP contribution in [-0.4, -0.2) is 57.3 Å². The van der Waals surface area contributed by atoms with Gasteiger partial charge in [0.15, 0.2) is 5.82 Å². The fraction of sp³-hybridized carbons (Fsp3) is 0.526. The van der Waals surface area contributed by atoms with Crippen LogP contribution in [0.15, 0.2) is 29.4 Å². The van der Waals surface area contributed by atoms with Gasteiger partial charge in [-0.2, -0.15) is 13.2 Å². The summed E-state index contributed by atoms with van der Waals surface area (Å²) < 4.78 is 50.7. The molecule has 1 aromatic carbocycles. The maximum absolute atomic E-state index is 12.9. The van der Waals surface area contributed by atoms with Crippen molar-refractivity contribution < 1.29 is 27.4 Å². The molecule has 12 heteroatoms. The lowest BCUT2D eigenvalue weighted by Gasteiger charge is -2.30. The Morgan fingerprint density at radius 3 is 2.71 bits per heavy atom. The molecular formula is C19H24F3N5O3S. The van der Waals surface area contributed by atoms with Gasteiger partial charge in [0.05, 0.1) is 12.9 Å². The molecule has 2 N–H and O–H groups in total. The van der Waals surface area contributed by atoms with Gasteiger partial charge in [-0.1, -0.05) is 17.8 Å². The molecule has 0 saturated heterocycles. The van der Waals surface area contributed by atoms with Crippen LogP contribution in [0.25, 0.3) is 0 Å². The number of rotatable bonds is 10. The van der Waals surface area contributed by atoms with Gasteiger partial charge >= 0.3 is 6.18 Å². The minimum atomic E-state index is -4.46. The molecule has 1 atom stereocenters. The number of ether oxygens (including phenoxy) is 2. The first-order valence-corrected chi connectivity index (χ1v) is 10.6. The minimum Gasteiger partial charge on any atom is -0.497 e. The number of nitrogens with two attached hydrogens (primary N) is 1. The van der Waals surface area contributed by atoms with E-state index in [2.05, 4.69) is 10.2 Å². The number of aromatic nitrogens is 3. The number of thioether (sulfide) groups is 1. The summed E-state index contributed by atoms with van der Waals surface area (Å²) in [7, 11) is 1.54. The zero-order valence-electron chi connectivity index (χ0n) is 17.1. The number of amides is 1. The van der Waals surface area contributed by atoms with Gasteiger partial charge in [-0.05, 0) is 37.8 Å². The lowest BCUT2D eigenvalue weighted by Crippen LogP contribution is -2.46. The highest BCUT2D eigenvalue weighted by atomic mass is 32.2. The van der Waals surface area contributed by atoms with Crippen LogP contribution in [0.5, 0.6) is 11.5 Å². The monoisotopic (exact) mass is 459 g/mol. The Bertz CT molecular complexity index is 904. The third-order valence-electron chi connectivity index (χ3n) is 4.93. The first-order chi connectivity index (χ1) is 14.7. The normalized spacial score (nSPS) is 14.9. The van der Waals surface area contributed by atoms with Crippen LogP contribution >= 0.6 is 11.8 Å². The van der Waals surface area contributed by atoms with Gasteiger partial charge in [0.25, 0.3) is 0 Å². The van der Waals surface area contributed by atoms with E-state index in [0.29, 0.717) is 17.3 Å². The first kappa shape index (κ1) is 23.0. The van der Waals surface area contributed by atoms with Crippen molar-refractivity contribution in [3.05, 3.63) is 30.1 Å². The summed E-state index contributed by atoms with van der Waals surface area (Å²) in [4.78, 5) is 13.4. The van der Waals surface area contributed by atoms with Crippen molar-refractivity contribution in [1.29, 1.82) is 0 Å². The van der Waals surface area contributed by atoms with E-state index in [9.17, 15) is 18.0 Å². The number of halogens is 3. The Hall–Kier alpha value is -2.63. The van der Waals surface area contributed by atoms with E-state index in [1.54, 1.807) is 38.3 Å². The average molecular weight is 459 g/mol. The van der Waals surface area contributed by atoms with E-state index in [1.165, 1.54) is 0 Å². The Morgan fingerprint density at radius 1 is 1.35 bits per heavy atom. The maximum Gasteiger partial charge on any atom is 0.406 e. The minimum absolute atomic E-state index is 0.0179.